The Hall–Kier alpha value is -3.60. The molecular weight excluding hydrogens is 400 g/mol. The van der Waals surface area contributed by atoms with Crippen molar-refractivity contribution in [1.82, 2.24) is 0 Å². The van der Waals surface area contributed by atoms with Gasteiger partial charge >= 0.3 is 0 Å². The number of ether oxygens (including phenoxy) is 1. The Kier molecular flexibility index (Phi) is 5.74. The van der Waals surface area contributed by atoms with Crippen LogP contribution in [0.15, 0.2) is 60.7 Å². The van der Waals surface area contributed by atoms with Gasteiger partial charge in [-0.05, 0) is 74.2 Å². The SMILES string of the molecule is COc1ccc(C2C(=O)N(c3cccc(C)c3C)CC(=O)N2c2ccc(C)cc2C)cc1. The van der Waals surface area contributed by atoms with Crippen LogP contribution in [0, 0.1) is 27.7 Å². The fourth-order valence-electron chi connectivity index (χ4n) is 4.35. The van der Waals surface area contributed by atoms with Crippen molar-refractivity contribution in [3.05, 3.63) is 88.5 Å². The lowest BCUT2D eigenvalue weighted by atomic mass is 9.97. The van der Waals surface area contributed by atoms with Gasteiger partial charge in [0, 0.05) is 11.4 Å². The van der Waals surface area contributed by atoms with Crippen molar-refractivity contribution in [3.8, 4) is 5.75 Å². The van der Waals surface area contributed by atoms with E-state index in [0.29, 0.717) is 5.75 Å². The van der Waals surface area contributed by atoms with E-state index in [0.717, 1.165) is 39.2 Å². The molecule has 1 aliphatic heterocycles. The van der Waals surface area contributed by atoms with Gasteiger partial charge in [0.2, 0.25) is 5.91 Å². The van der Waals surface area contributed by atoms with E-state index < -0.39 is 6.04 Å². The highest BCUT2D eigenvalue weighted by atomic mass is 16.5. The lowest BCUT2D eigenvalue weighted by Gasteiger charge is -2.41. The summed E-state index contributed by atoms with van der Waals surface area (Å²) in [5, 5.41) is 0. The standard InChI is InChI=1S/C27H28N2O3/c1-17-9-14-23(19(3)15-17)29-25(30)16-28(24-8-6-7-18(2)20(24)4)27(31)26(29)21-10-12-22(32-5)13-11-21/h6-15,26H,16H2,1-5H3. The second kappa shape index (κ2) is 8.50. The number of anilines is 2. The normalized spacial score (nSPS) is 16.5. The van der Waals surface area contributed by atoms with Crippen LogP contribution in [-0.2, 0) is 9.59 Å². The Bertz CT molecular complexity index is 1180. The zero-order valence-corrected chi connectivity index (χ0v) is 19.2. The molecule has 164 valence electrons. The lowest BCUT2D eigenvalue weighted by molar-refractivity contribution is -0.128. The maximum absolute atomic E-state index is 14.0. The number of benzene rings is 3. The van der Waals surface area contributed by atoms with Gasteiger partial charge in [-0.15, -0.1) is 0 Å². The highest BCUT2D eigenvalue weighted by Gasteiger charge is 2.42. The molecule has 1 saturated heterocycles. The molecular formula is C27H28N2O3. The van der Waals surface area contributed by atoms with E-state index in [-0.39, 0.29) is 18.4 Å². The summed E-state index contributed by atoms with van der Waals surface area (Å²) < 4.78 is 5.29. The largest absolute Gasteiger partial charge is 0.497 e. The predicted molar refractivity (Wildman–Crippen MR) is 127 cm³/mol. The van der Waals surface area contributed by atoms with Gasteiger partial charge in [-0.2, -0.15) is 0 Å². The Morgan fingerprint density at radius 1 is 0.844 bits per heavy atom. The summed E-state index contributed by atoms with van der Waals surface area (Å²) in [5.41, 5.74) is 6.45. The molecule has 0 N–H and O–H groups in total. The maximum atomic E-state index is 14.0. The minimum Gasteiger partial charge on any atom is -0.497 e. The monoisotopic (exact) mass is 428 g/mol. The molecule has 4 rings (SSSR count). The minimum atomic E-state index is -0.761. The van der Waals surface area contributed by atoms with Gasteiger partial charge in [0.15, 0.2) is 0 Å². The van der Waals surface area contributed by atoms with Crippen molar-refractivity contribution in [3.63, 3.8) is 0 Å². The number of hydrogen-bond acceptors (Lipinski definition) is 3. The molecule has 1 heterocycles. The molecule has 5 heteroatoms. The summed E-state index contributed by atoms with van der Waals surface area (Å²) in [4.78, 5) is 30.8. The van der Waals surface area contributed by atoms with Crippen LogP contribution in [0.3, 0.4) is 0 Å². The van der Waals surface area contributed by atoms with E-state index in [1.54, 1.807) is 16.9 Å². The Balaban J connectivity index is 1.86. The number of nitrogens with zero attached hydrogens (tertiary/aromatic N) is 2. The summed E-state index contributed by atoms with van der Waals surface area (Å²) in [5.74, 6) is 0.467. The molecule has 5 nitrogen and oxygen atoms in total. The number of carbonyl (C=O) groups excluding carboxylic acids is 2. The van der Waals surface area contributed by atoms with Crippen LogP contribution in [-0.4, -0.2) is 25.5 Å². The summed E-state index contributed by atoms with van der Waals surface area (Å²) in [7, 11) is 1.61. The molecule has 3 aromatic rings. The van der Waals surface area contributed by atoms with Gasteiger partial charge in [-0.3, -0.25) is 14.5 Å². The first-order valence-electron chi connectivity index (χ1n) is 10.7. The van der Waals surface area contributed by atoms with E-state index >= 15 is 0 Å². The van der Waals surface area contributed by atoms with Crippen molar-refractivity contribution < 1.29 is 14.3 Å². The first-order chi connectivity index (χ1) is 15.3. The van der Waals surface area contributed by atoms with Crippen molar-refractivity contribution in [2.24, 2.45) is 0 Å². The molecule has 0 aromatic heterocycles. The zero-order valence-electron chi connectivity index (χ0n) is 19.2. The second-order valence-corrected chi connectivity index (χ2v) is 8.37. The fraction of sp³-hybridized carbons (Fsp3) is 0.259. The van der Waals surface area contributed by atoms with Gasteiger partial charge in [0.25, 0.3) is 5.91 Å². The van der Waals surface area contributed by atoms with Crippen LogP contribution in [0.4, 0.5) is 11.4 Å². The summed E-state index contributed by atoms with van der Waals surface area (Å²) in [6.45, 7) is 7.99. The molecule has 3 aromatic carbocycles. The number of rotatable bonds is 4. The van der Waals surface area contributed by atoms with E-state index in [1.807, 2.05) is 88.4 Å². The summed E-state index contributed by atoms with van der Waals surface area (Å²) >= 11 is 0. The molecule has 1 fully saturated rings. The third-order valence-corrected chi connectivity index (χ3v) is 6.23. The third kappa shape index (κ3) is 3.75. The number of hydrogen-bond donors (Lipinski definition) is 0. The molecule has 32 heavy (non-hydrogen) atoms. The van der Waals surface area contributed by atoms with Crippen molar-refractivity contribution in [2.75, 3.05) is 23.5 Å². The molecule has 1 unspecified atom stereocenters. The van der Waals surface area contributed by atoms with Crippen LogP contribution >= 0.6 is 0 Å². The average Bonchev–Trinajstić information content (AvgIpc) is 2.77. The summed E-state index contributed by atoms with van der Waals surface area (Å²) in [6.07, 6.45) is 0. The van der Waals surface area contributed by atoms with Gasteiger partial charge in [0.05, 0.1) is 7.11 Å². The first kappa shape index (κ1) is 21.6. The van der Waals surface area contributed by atoms with E-state index in [4.69, 9.17) is 4.74 Å². The van der Waals surface area contributed by atoms with Crippen LogP contribution in [0.25, 0.3) is 0 Å². The number of aryl methyl sites for hydroxylation is 3. The highest BCUT2D eigenvalue weighted by molar-refractivity contribution is 6.15. The van der Waals surface area contributed by atoms with Crippen LogP contribution in [0.1, 0.15) is 33.9 Å². The quantitative estimate of drug-likeness (QED) is 0.584. The molecule has 2 amide bonds. The summed E-state index contributed by atoms with van der Waals surface area (Å²) in [6, 6.07) is 18.4. The van der Waals surface area contributed by atoms with Crippen LogP contribution in [0.2, 0.25) is 0 Å². The maximum Gasteiger partial charge on any atom is 0.255 e. The Morgan fingerprint density at radius 3 is 2.22 bits per heavy atom. The van der Waals surface area contributed by atoms with E-state index in [1.165, 1.54) is 0 Å². The van der Waals surface area contributed by atoms with E-state index in [2.05, 4.69) is 0 Å². The number of carbonyl (C=O) groups is 2. The van der Waals surface area contributed by atoms with Gasteiger partial charge < -0.3 is 9.64 Å². The van der Waals surface area contributed by atoms with Gasteiger partial charge in [-0.25, -0.2) is 0 Å². The molecule has 0 saturated carbocycles. The molecule has 1 aliphatic rings. The van der Waals surface area contributed by atoms with Crippen molar-refractivity contribution in [2.45, 2.75) is 33.7 Å². The van der Waals surface area contributed by atoms with Crippen molar-refractivity contribution in [1.29, 1.82) is 0 Å². The van der Waals surface area contributed by atoms with Crippen LogP contribution in [0.5, 0.6) is 5.75 Å². The number of piperazine rings is 1. The third-order valence-electron chi connectivity index (χ3n) is 6.23. The molecule has 1 atom stereocenters. The molecule has 0 bridgehead atoms. The molecule has 0 radical (unpaired) electrons. The fourth-order valence-corrected chi connectivity index (χ4v) is 4.35. The Labute approximate surface area is 189 Å². The number of amides is 2. The van der Waals surface area contributed by atoms with Crippen molar-refractivity contribution >= 4 is 23.2 Å². The lowest BCUT2D eigenvalue weighted by Crippen LogP contribution is -2.56. The zero-order chi connectivity index (χ0) is 23.0. The second-order valence-electron chi connectivity index (χ2n) is 8.37. The first-order valence-corrected chi connectivity index (χ1v) is 10.7. The average molecular weight is 429 g/mol. The smallest absolute Gasteiger partial charge is 0.255 e. The number of methoxy groups -OCH3 is 1. The van der Waals surface area contributed by atoms with Gasteiger partial charge in [-0.1, -0.05) is 42.0 Å². The van der Waals surface area contributed by atoms with Gasteiger partial charge in [0.1, 0.15) is 18.3 Å². The Morgan fingerprint density at radius 2 is 1.56 bits per heavy atom. The molecule has 0 spiro atoms. The van der Waals surface area contributed by atoms with Crippen LogP contribution < -0.4 is 14.5 Å². The molecule has 0 aliphatic carbocycles. The highest BCUT2D eigenvalue weighted by Crippen LogP contribution is 2.37. The minimum absolute atomic E-state index is 0.00307. The topological polar surface area (TPSA) is 49.9 Å². The van der Waals surface area contributed by atoms with E-state index in [9.17, 15) is 9.59 Å². The predicted octanol–water partition coefficient (Wildman–Crippen LogP) is 5.05.